The number of benzene rings is 2. The maximum Gasteiger partial charge on any atom is 0.311 e. The van der Waals surface area contributed by atoms with Gasteiger partial charge in [0, 0.05) is 5.56 Å². The molecule has 3 rings (SSSR count). The number of rotatable bonds is 6. The minimum absolute atomic E-state index is 0.0353. The first kappa shape index (κ1) is 20.1. The third-order valence-corrected chi connectivity index (χ3v) is 5.33. The quantitative estimate of drug-likeness (QED) is 0.520. The van der Waals surface area contributed by atoms with E-state index in [1.54, 1.807) is 29.3 Å². The van der Waals surface area contributed by atoms with Crippen molar-refractivity contribution >= 4 is 21.9 Å². The summed E-state index contributed by atoms with van der Waals surface area (Å²) < 4.78 is 25.1. The highest BCUT2D eigenvalue weighted by Gasteiger charge is 2.61. The molecule has 1 aliphatic rings. The average molecular weight is 444 g/mol. The van der Waals surface area contributed by atoms with Crippen molar-refractivity contribution in [3.8, 4) is 17.6 Å². The summed E-state index contributed by atoms with van der Waals surface area (Å²) in [6, 6.07) is 14.7. The van der Waals surface area contributed by atoms with E-state index in [2.05, 4.69) is 15.9 Å². The summed E-state index contributed by atoms with van der Waals surface area (Å²) in [6.45, 7) is 3.95. The lowest BCUT2D eigenvalue weighted by molar-refractivity contribution is -0.149. The van der Waals surface area contributed by atoms with Crippen LogP contribution in [0.1, 0.15) is 25.5 Å². The number of esters is 1. The Morgan fingerprint density at radius 3 is 2.64 bits per heavy atom. The molecular formula is C22H19BrFNO3. The van der Waals surface area contributed by atoms with Crippen molar-refractivity contribution in [1.82, 2.24) is 0 Å². The van der Waals surface area contributed by atoms with E-state index in [9.17, 15) is 14.4 Å². The molecule has 1 fully saturated rings. The van der Waals surface area contributed by atoms with Gasteiger partial charge in [-0.2, -0.15) is 5.26 Å². The molecule has 0 spiro atoms. The van der Waals surface area contributed by atoms with Gasteiger partial charge in [-0.1, -0.05) is 60.1 Å². The van der Waals surface area contributed by atoms with E-state index in [1.165, 1.54) is 18.2 Å². The van der Waals surface area contributed by atoms with Crippen molar-refractivity contribution in [2.75, 3.05) is 0 Å². The van der Waals surface area contributed by atoms with E-state index in [4.69, 9.17) is 9.47 Å². The van der Waals surface area contributed by atoms with Gasteiger partial charge in [0.15, 0.2) is 11.6 Å². The second-order valence-electron chi connectivity index (χ2n) is 7.19. The highest BCUT2D eigenvalue weighted by atomic mass is 79.9. The van der Waals surface area contributed by atoms with Crippen molar-refractivity contribution in [1.29, 1.82) is 5.26 Å². The van der Waals surface area contributed by atoms with Gasteiger partial charge in [0.05, 0.1) is 5.92 Å². The zero-order valence-electron chi connectivity index (χ0n) is 15.4. The Bertz CT molecular complexity index is 937. The molecule has 28 heavy (non-hydrogen) atoms. The van der Waals surface area contributed by atoms with Crippen molar-refractivity contribution < 1.29 is 18.7 Å². The third kappa shape index (κ3) is 4.10. The minimum atomic E-state index is -1.14. The molecule has 0 bridgehead atoms. The summed E-state index contributed by atoms with van der Waals surface area (Å²) in [5.74, 6) is -0.856. The molecule has 1 aliphatic carbocycles. The fourth-order valence-corrected chi connectivity index (χ4v) is 3.63. The molecule has 3 atom stereocenters. The van der Waals surface area contributed by atoms with Crippen LogP contribution in [0.3, 0.4) is 0 Å². The number of nitriles is 1. The van der Waals surface area contributed by atoms with Crippen LogP contribution in [-0.4, -0.2) is 5.97 Å². The Hall–Kier alpha value is -2.65. The number of carbonyl (C=O) groups is 1. The summed E-state index contributed by atoms with van der Waals surface area (Å²) in [7, 11) is 0. The fourth-order valence-electron chi connectivity index (χ4n) is 3.30. The monoisotopic (exact) mass is 443 g/mol. The first-order chi connectivity index (χ1) is 13.4. The van der Waals surface area contributed by atoms with Crippen LogP contribution in [0.5, 0.6) is 11.5 Å². The van der Waals surface area contributed by atoms with Crippen LogP contribution in [0.15, 0.2) is 59.6 Å². The molecule has 3 unspecified atom stereocenters. The minimum Gasteiger partial charge on any atom is -0.454 e. The summed E-state index contributed by atoms with van der Waals surface area (Å²) in [5.41, 5.74) is 0.125. The van der Waals surface area contributed by atoms with Gasteiger partial charge in [-0.15, -0.1) is 0 Å². The molecule has 1 saturated carbocycles. The smallest absolute Gasteiger partial charge is 0.311 e. The summed E-state index contributed by atoms with van der Waals surface area (Å²) in [4.78, 5) is 14.3. The van der Waals surface area contributed by atoms with E-state index < -0.39 is 17.9 Å². The van der Waals surface area contributed by atoms with Gasteiger partial charge in [-0.25, -0.2) is 4.39 Å². The number of halogens is 2. The topological polar surface area (TPSA) is 59.3 Å². The molecule has 144 valence electrons. The SMILES string of the molecule is CC1(C)C(C=CBr)C1C(=O)OC(C#N)c1ccc(F)c(Oc2ccccc2)c1. The van der Waals surface area contributed by atoms with Gasteiger partial charge in [-0.05, 0) is 40.6 Å². The number of allylic oxidation sites excluding steroid dienone is 1. The molecular weight excluding hydrogens is 425 g/mol. The Balaban J connectivity index is 1.77. The number of carbonyl (C=O) groups excluding carboxylic acids is 1. The molecule has 0 N–H and O–H groups in total. The van der Waals surface area contributed by atoms with E-state index in [0.717, 1.165) is 0 Å². The molecule has 2 aromatic rings. The zero-order valence-corrected chi connectivity index (χ0v) is 17.0. The normalized spacial score (nSPS) is 21.0. The fraction of sp³-hybridized carbons (Fsp3) is 0.273. The van der Waals surface area contributed by atoms with Crippen LogP contribution in [0.4, 0.5) is 4.39 Å². The van der Waals surface area contributed by atoms with Crippen molar-refractivity contribution in [2.24, 2.45) is 17.3 Å². The Morgan fingerprint density at radius 1 is 1.29 bits per heavy atom. The molecule has 2 aromatic carbocycles. The molecule has 0 aliphatic heterocycles. The molecule has 6 heteroatoms. The molecule has 0 radical (unpaired) electrons. The van der Waals surface area contributed by atoms with Crippen LogP contribution in [0.25, 0.3) is 0 Å². The van der Waals surface area contributed by atoms with Crippen LogP contribution in [0.2, 0.25) is 0 Å². The standard InChI is InChI=1S/C22H19BrFNO3/c1-22(2)16(10-11-23)20(22)21(26)28-19(13-25)14-8-9-17(24)18(12-14)27-15-6-4-3-5-7-15/h3-12,16,19-20H,1-2H3. The van der Waals surface area contributed by atoms with Gasteiger partial charge < -0.3 is 9.47 Å². The molecule has 0 saturated heterocycles. The lowest BCUT2D eigenvalue weighted by Gasteiger charge is -2.14. The third-order valence-electron chi connectivity index (χ3n) is 5.02. The summed E-state index contributed by atoms with van der Waals surface area (Å²) in [5, 5.41) is 9.50. The molecule has 0 heterocycles. The average Bonchev–Trinajstić information content (AvgIpc) is 3.23. The first-order valence-corrected chi connectivity index (χ1v) is 9.69. The lowest BCUT2D eigenvalue weighted by atomic mass is 10.1. The molecule has 0 amide bonds. The number of nitrogens with zero attached hydrogens (tertiary/aromatic N) is 1. The Kier molecular flexibility index (Phi) is 5.85. The summed E-state index contributed by atoms with van der Waals surface area (Å²) >= 11 is 3.23. The van der Waals surface area contributed by atoms with Crippen LogP contribution in [-0.2, 0) is 9.53 Å². The lowest BCUT2D eigenvalue weighted by Crippen LogP contribution is -2.14. The predicted octanol–water partition coefficient (Wildman–Crippen LogP) is 5.91. The van der Waals surface area contributed by atoms with Crippen LogP contribution in [0, 0.1) is 34.4 Å². The maximum absolute atomic E-state index is 14.1. The van der Waals surface area contributed by atoms with Gasteiger partial charge in [-0.3, -0.25) is 4.79 Å². The zero-order chi connectivity index (χ0) is 20.3. The van der Waals surface area contributed by atoms with E-state index in [-0.39, 0.29) is 23.0 Å². The van der Waals surface area contributed by atoms with Gasteiger partial charge >= 0.3 is 5.97 Å². The molecule has 4 nitrogen and oxygen atoms in total. The first-order valence-electron chi connectivity index (χ1n) is 8.78. The van der Waals surface area contributed by atoms with Crippen LogP contribution >= 0.6 is 15.9 Å². The Morgan fingerprint density at radius 2 is 2.00 bits per heavy atom. The second kappa shape index (κ2) is 8.15. The van der Waals surface area contributed by atoms with Gasteiger partial charge in [0.25, 0.3) is 0 Å². The van der Waals surface area contributed by atoms with Crippen molar-refractivity contribution in [3.05, 3.63) is 71.0 Å². The maximum atomic E-state index is 14.1. The number of hydrogen-bond donors (Lipinski definition) is 0. The highest BCUT2D eigenvalue weighted by Crippen LogP contribution is 2.59. The van der Waals surface area contributed by atoms with E-state index in [0.29, 0.717) is 11.3 Å². The molecule has 0 aromatic heterocycles. The van der Waals surface area contributed by atoms with Crippen molar-refractivity contribution in [2.45, 2.75) is 20.0 Å². The summed E-state index contributed by atoms with van der Waals surface area (Å²) in [6.07, 6.45) is 0.757. The number of hydrogen-bond acceptors (Lipinski definition) is 4. The van der Waals surface area contributed by atoms with Gasteiger partial charge in [0.1, 0.15) is 11.8 Å². The van der Waals surface area contributed by atoms with Crippen molar-refractivity contribution in [3.63, 3.8) is 0 Å². The van der Waals surface area contributed by atoms with Gasteiger partial charge in [0.2, 0.25) is 6.10 Å². The predicted molar refractivity (Wildman–Crippen MR) is 106 cm³/mol. The number of ether oxygens (including phenoxy) is 2. The van der Waals surface area contributed by atoms with E-state index in [1.807, 2.05) is 32.1 Å². The highest BCUT2D eigenvalue weighted by molar-refractivity contribution is 9.11. The largest absolute Gasteiger partial charge is 0.454 e. The van der Waals surface area contributed by atoms with E-state index >= 15 is 0 Å². The van der Waals surface area contributed by atoms with Crippen LogP contribution < -0.4 is 4.74 Å². The Labute approximate surface area is 171 Å². The number of para-hydroxylation sites is 1. The second-order valence-corrected chi connectivity index (χ2v) is 7.72.